The summed E-state index contributed by atoms with van der Waals surface area (Å²) in [4.78, 5) is 11.5. The Morgan fingerprint density at radius 2 is 2.27 bits per heavy atom. The Labute approximate surface area is 89.1 Å². The molecular formula is C12H13NO2. The van der Waals surface area contributed by atoms with Crippen LogP contribution in [0.5, 0.6) is 5.75 Å². The molecular weight excluding hydrogens is 190 g/mol. The summed E-state index contributed by atoms with van der Waals surface area (Å²) in [5, 5.41) is 12.1. The molecule has 0 saturated carbocycles. The van der Waals surface area contributed by atoms with E-state index < -0.39 is 0 Å². The zero-order chi connectivity index (χ0) is 11.3. The van der Waals surface area contributed by atoms with Crippen molar-refractivity contribution in [2.75, 3.05) is 6.54 Å². The molecule has 1 rings (SSSR count). The van der Waals surface area contributed by atoms with Crippen molar-refractivity contribution in [1.82, 2.24) is 5.32 Å². The van der Waals surface area contributed by atoms with Crippen LogP contribution in [0, 0.1) is 18.8 Å². The number of nitrogens with one attached hydrogen (secondary N) is 1. The Hall–Kier alpha value is -1.95. The predicted octanol–water partition coefficient (Wildman–Crippen LogP) is 1.45. The van der Waals surface area contributed by atoms with Crippen LogP contribution >= 0.6 is 0 Å². The number of hydrogen-bond acceptors (Lipinski definition) is 2. The van der Waals surface area contributed by atoms with Crippen molar-refractivity contribution in [3.63, 3.8) is 0 Å². The van der Waals surface area contributed by atoms with Crippen LogP contribution in [0.4, 0.5) is 0 Å². The molecule has 0 aliphatic rings. The molecule has 0 fully saturated rings. The smallest absolute Gasteiger partial charge is 0.255 e. The molecule has 0 aliphatic carbocycles. The quantitative estimate of drug-likeness (QED) is 0.715. The van der Waals surface area contributed by atoms with Crippen LogP contribution in [-0.2, 0) is 0 Å². The monoisotopic (exact) mass is 203 g/mol. The first kappa shape index (κ1) is 11.1. The van der Waals surface area contributed by atoms with Gasteiger partial charge in [-0.05, 0) is 31.5 Å². The molecule has 3 heteroatoms. The first-order chi connectivity index (χ1) is 7.15. The van der Waals surface area contributed by atoms with Crippen molar-refractivity contribution in [3.8, 4) is 17.6 Å². The van der Waals surface area contributed by atoms with Crippen molar-refractivity contribution < 1.29 is 9.90 Å². The second kappa shape index (κ2) is 5.06. The van der Waals surface area contributed by atoms with Gasteiger partial charge >= 0.3 is 0 Å². The molecule has 0 heterocycles. The fourth-order valence-corrected chi connectivity index (χ4v) is 1.14. The molecule has 1 amide bonds. The summed E-state index contributed by atoms with van der Waals surface area (Å²) in [6.45, 7) is 3.85. The number of phenolic OH excluding ortho intramolecular Hbond substituents is 1. The summed E-state index contributed by atoms with van der Waals surface area (Å²) in [6.07, 6.45) is 0. The van der Waals surface area contributed by atoms with Gasteiger partial charge in [-0.25, -0.2) is 0 Å². The fraction of sp³-hybridized carbons (Fsp3) is 0.250. The van der Waals surface area contributed by atoms with E-state index in [9.17, 15) is 9.90 Å². The molecule has 0 aliphatic heterocycles. The Bertz CT molecular complexity index is 427. The summed E-state index contributed by atoms with van der Waals surface area (Å²) in [7, 11) is 0. The fourth-order valence-electron chi connectivity index (χ4n) is 1.14. The number of benzene rings is 1. The van der Waals surface area contributed by atoms with Crippen molar-refractivity contribution in [1.29, 1.82) is 0 Å². The van der Waals surface area contributed by atoms with Crippen LogP contribution in [0.15, 0.2) is 18.2 Å². The summed E-state index contributed by atoms with van der Waals surface area (Å²) >= 11 is 0. The largest absolute Gasteiger partial charge is 0.507 e. The maximum Gasteiger partial charge on any atom is 0.255 e. The molecule has 0 spiro atoms. The number of hydrogen-bond donors (Lipinski definition) is 2. The molecule has 0 aromatic heterocycles. The molecule has 1 aromatic rings. The summed E-state index contributed by atoms with van der Waals surface area (Å²) in [5.74, 6) is 5.07. The molecule has 15 heavy (non-hydrogen) atoms. The van der Waals surface area contributed by atoms with Gasteiger partial charge in [0.05, 0.1) is 12.1 Å². The number of carbonyl (C=O) groups excluding carboxylic acids is 1. The molecule has 1 aromatic carbocycles. The van der Waals surface area contributed by atoms with E-state index in [1.54, 1.807) is 25.1 Å². The first-order valence-electron chi connectivity index (χ1n) is 4.62. The van der Waals surface area contributed by atoms with Gasteiger partial charge in [0.25, 0.3) is 5.91 Å². The number of carbonyl (C=O) groups is 1. The van der Waals surface area contributed by atoms with Crippen LogP contribution < -0.4 is 5.32 Å². The molecule has 0 saturated heterocycles. The zero-order valence-corrected chi connectivity index (χ0v) is 8.79. The van der Waals surface area contributed by atoms with E-state index >= 15 is 0 Å². The summed E-state index contributed by atoms with van der Waals surface area (Å²) in [6, 6.07) is 4.93. The highest BCUT2D eigenvalue weighted by molar-refractivity contribution is 5.96. The molecule has 3 nitrogen and oxygen atoms in total. The molecule has 0 atom stereocenters. The number of amides is 1. The third kappa shape index (κ3) is 3.03. The van der Waals surface area contributed by atoms with Crippen LogP contribution in [-0.4, -0.2) is 17.6 Å². The average molecular weight is 203 g/mol. The van der Waals surface area contributed by atoms with Gasteiger partial charge in [0, 0.05) is 0 Å². The lowest BCUT2D eigenvalue weighted by Crippen LogP contribution is -2.23. The standard InChI is InChI=1S/C12H13NO2/c1-3-4-7-13-12(15)10-6-5-9(2)8-11(10)14/h5-6,8,14H,7H2,1-2H3,(H,13,15). The van der Waals surface area contributed by atoms with Crippen LogP contribution in [0.1, 0.15) is 22.8 Å². The van der Waals surface area contributed by atoms with E-state index in [0.717, 1.165) is 5.56 Å². The lowest BCUT2D eigenvalue weighted by atomic mass is 10.1. The van der Waals surface area contributed by atoms with Crippen molar-refractivity contribution >= 4 is 5.91 Å². The Morgan fingerprint density at radius 3 is 2.87 bits per heavy atom. The Kier molecular flexibility index (Phi) is 3.75. The normalized spacial score (nSPS) is 8.93. The highest BCUT2D eigenvalue weighted by Gasteiger charge is 2.09. The second-order valence-corrected chi connectivity index (χ2v) is 3.13. The lowest BCUT2D eigenvalue weighted by molar-refractivity contribution is 0.0956. The minimum absolute atomic E-state index is 0.00282. The van der Waals surface area contributed by atoms with Gasteiger partial charge in [-0.3, -0.25) is 4.79 Å². The number of rotatable bonds is 2. The van der Waals surface area contributed by atoms with Gasteiger partial charge in [0.1, 0.15) is 5.75 Å². The minimum Gasteiger partial charge on any atom is -0.507 e. The maximum atomic E-state index is 11.5. The SMILES string of the molecule is CC#CCNC(=O)c1ccc(C)cc1O. The molecule has 2 N–H and O–H groups in total. The van der Waals surface area contributed by atoms with E-state index in [1.165, 1.54) is 0 Å². The highest BCUT2D eigenvalue weighted by Crippen LogP contribution is 2.17. The predicted molar refractivity (Wildman–Crippen MR) is 58.6 cm³/mol. The Morgan fingerprint density at radius 1 is 1.53 bits per heavy atom. The maximum absolute atomic E-state index is 11.5. The topological polar surface area (TPSA) is 49.3 Å². The molecule has 78 valence electrons. The van der Waals surface area contributed by atoms with Gasteiger partial charge in [-0.15, -0.1) is 5.92 Å². The first-order valence-corrected chi connectivity index (χ1v) is 4.62. The average Bonchev–Trinajstić information content (AvgIpc) is 2.17. The van der Waals surface area contributed by atoms with Crippen LogP contribution in [0.2, 0.25) is 0 Å². The second-order valence-electron chi connectivity index (χ2n) is 3.13. The third-order valence-electron chi connectivity index (χ3n) is 1.91. The third-order valence-corrected chi connectivity index (χ3v) is 1.91. The molecule has 0 unspecified atom stereocenters. The van der Waals surface area contributed by atoms with Crippen LogP contribution in [0.25, 0.3) is 0 Å². The van der Waals surface area contributed by atoms with E-state index in [4.69, 9.17) is 0 Å². The van der Waals surface area contributed by atoms with Gasteiger partial charge < -0.3 is 10.4 Å². The van der Waals surface area contributed by atoms with Gasteiger partial charge in [0.15, 0.2) is 0 Å². The Balaban J connectivity index is 2.76. The van der Waals surface area contributed by atoms with Crippen molar-refractivity contribution in [3.05, 3.63) is 29.3 Å². The summed E-state index contributed by atoms with van der Waals surface area (Å²) < 4.78 is 0. The zero-order valence-electron chi connectivity index (χ0n) is 8.79. The van der Waals surface area contributed by atoms with E-state index in [1.807, 2.05) is 6.92 Å². The van der Waals surface area contributed by atoms with Crippen LogP contribution in [0.3, 0.4) is 0 Å². The minimum atomic E-state index is -0.310. The van der Waals surface area contributed by atoms with Crippen molar-refractivity contribution in [2.45, 2.75) is 13.8 Å². The molecule has 0 radical (unpaired) electrons. The lowest BCUT2D eigenvalue weighted by Gasteiger charge is -2.04. The van der Waals surface area contributed by atoms with Gasteiger partial charge in [0.2, 0.25) is 0 Å². The van der Waals surface area contributed by atoms with Crippen molar-refractivity contribution in [2.24, 2.45) is 0 Å². The van der Waals surface area contributed by atoms with Gasteiger partial charge in [-0.2, -0.15) is 0 Å². The van der Waals surface area contributed by atoms with Gasteiger partial charge in [-0.1, -0.05) is 12.0 Å². The van der Waals surface area contributed by atoms with E-state index in [0.29, 0.717) is 6.54 Å². The highest BCUT2D eigenvalue weighted by atomic mass is 16.3. The number of aromatic hydroxyl groups is 1. The van der Waals surface area contributed by atoms with E-state index in [-0.39, 0.29) is 17.2 Å². The number of aryl methyl sites for hydroxylation is 1. The summed E-state index contributed by atoms with van der Waals surface area (Å²) in [5.41, 5.74) is 1.19. The van der Waals surface area contributed by atoms with E-state index in [2.05, 4.69) is 17.2 Å². The number of phenols is 1. The molecule has 0 bridgehead atoms.